The third-order valence-corrected chi connectivity index (χ3v) is 5.38. The fourth-order valence-corrected chi connectivity index (χ4v) is 3.76. The van der Waals surface area contributed by atoms with Crippen LogP contribution in [0.3, 0.4) is 0 Å². The molecule has 0 bridgehead atoms. The summed E-state index contributed by atoms with van der Waals surface area (Å²) in [5.74, 6) is -0.710. The first kappa shape index (κ1) is 18.8. The van der Waals surface area contributed by atoms with Gasteiger partial charge in [-0.3, -0.25) is 14.7 Å². The molecular weight excluding hydrogens is 386 g/mol. The molecule has 0 aliphatic rings. The average Bonchev–Trinajstić information content (AvgIpc) is 3.42. The number of nitrogens with zero attached hydrogens (tertiary/aromatic N) is 2. The molecule has 0 spiro atoms. The van der Waals surface area contributed by atoms with Crippen LogP contribution in [0, 0.1) is 0 Å². The summed E-state index contributed by atoms with van der Waals surface area (Å²) in [6.45, 7) is 1.64. The molecule has 0 radical (unpaired) electrons. The number of aromatic nitrogens is 3. The Hall–Kier alpha value is -3.52. The summed E-state index contributed by atoms with van der Waals surface area (Å²) in [5.41, 5.74) is 1.95. The first-order valence-corrected chi connectivity index (χ1v) is 10.00. The van der Waals surface area contributed by atoms with E-state index in [0.29, 0.717) is 5.39 Å². The summed E-state index contributed by atoms with van der Waals surface area (Å²) in [6.07, 6.45) is 1.70. The van der Waals surface area contributed by atoms with Crippen LogP contribution >= 0.6 is 11.3 Å². The lowest BCUT2D eigenvalue weighted by molar-refractivity contribution is -0.123. The molecule has 0 fully saturated rings. The van der Waals surface area contributed by atoms with Gasteiger partial charge in [0.25, 0.3) is 5.91 Å². The van der Waals surface area contributed by atoms with E-state index in [1.807, 2.05) is 60.0 Å². The third-order valence-electron chi connectivity index (χ3n) is 4.54. The highest BCUT2D eigenvalue weighted by molar-refractivity contribution is 7.09. The zero-order valence-electron chi connectivity index (χ0n) is 15.6. The van der Waals surface area contributed by atoms with Crippen molar-refractivity contribution in [3.8, 4) is 0 Å². The van der Waals surface area contributed by atoms with Crippen molar-refractivity contribution in [2.75, 3.05) is 0 Å². The maximum atomic E-state index is 12.8. The topological polar surface area (TPSA) is 99.8 Å². The number of benzene rings is 2. The predicted molar refractivity (Wildman–Crippen MR) is 112 cm³/mol. The SMILES string of the molecule is CC(NC(=O)c1n[nH]c2ccccc12)C(=O)NC(c1ccccc1)c1nccs1. The molecule has 2 amide bonds. The van der Waals surface area contributed by atoms with E-state index in [1.54, 1.807) is 13.1 Å². The third kappa shape index (κ3) is 4.02. The first-order valence-electron chi connectivity index (χ1n) is 9.12. The van der Waals surface area contributed by atoms with Gasteiger partial charge in [-0.05, 0) is 18.6 Å². The zero-order chi connectivity index (χ0) is 20.2. The minimum atomic E-state index is -0.746. The van der Waals surface area contributed by atoms with E-state index in [-0.39, 0.29) is 17.6 Å². The van der Waals surface area contributed by atoms with E-state index >= 15 is 0 Å². The number of carbonyl (C=O) groups is 2. The number of carbonyl (C=O) groups excluding carboxylic acids is 2. The Morgan fingerprint density at radius 2 is 1.79 bits per heavy atom. The minimum Gasteiger partial charge on any atom is -0.341 e. The van der Waals surface area contributed by atoms with Crippen molar-refractivity contribution >= 4 is 34.1 Å². The summed E-state index contributed by atoms with van der Waals surface area (Å²) < 4.78 is 0. The molecule has 29 heavy (non-hydrogen) atoms. The van der Waals surface area contributed by atoms with Gasteiger partial charge in [-0.2, -0.15) is 5.10 Å². The maximum Gasteiger partial charge on any atom is 0.273 e. The number of para-hydroxylation sites is 1. The van der Waals surface area contributed by atoms with Gasteiger partial charge < -0.3 is 10.6 Å². The lowest BCUT2D eigenvalue weighted by Crippen LogP contribution is -2.46. The summed E-state index contributed by atoms with van der Waals surface area (Å²) in [4.78, 5) is 29.8. The molecule has 7 nitrogen and oxygen atoms in total. The van der Waals surface area contributed by atoms with E-state index in [1.165, 1.54) is 11.3 Å². The molecule has 2 aromatic heterocycles. The van der Waals surface area contributed by atoms with E-state index < -0.39 is 11.9 Å². The molecule has 3 N–H and O–H groups in total. The maximum absolute atomic E-state index is 12.8. The van der Waals surface area contributed by atoms with Gasteiger partial charge >= 0.3 is 0 Å². The van der Waals surface area contributed by atoms with Crippen LogP contribution in [0.15, 0.2) is 66.2 Å². The van der Waals surface area contributed by atoms with Crippen molar-refractivity contribution < 1.29 is 9.59 Å². The van der Waals surface area contributed by atoms with Gasteiger partial charge in [0.05, 0.1) is 5.52 Å². The van der Waals surface area contributed by atoms with Gasteiger partial charge in [-0.1, -0.05) is 48.5 Å². The number of aromatic amines is 1. The molecule has 8 heteroatoms. The molecule has 4 rings (SSSR count). The number of thiazole rings is 1. The highest BCUT2D eigenvalue weighted by Crippen LogP contribution is 2.23. The minimum absolute atomic E-state index is 0.264. The van der Waals surface area contributed by atoms with Crippen molar-refractivity contribution in [3.05, 3.63) is 82.4 Å². The summed E-state index contributed by atoms with van der Waals surface area (Å²) in [6, 6.07) is 15.8. The van der Waals surface area contributed by atoms with E-state index in [2.05, 4.69) is 25.8 Å². The number of nitrogens with one attached hydrogen (secondary N) is 3. The quantitative estimate of drug-likeness (QED) is 0.459. The summed E-state index contributed by atoms with van der Waals surface area (Å²) in [7, 11) is 0. The Bertz CT molecular complexity index is 1120. The van der Waals surface area contributed by atoms with Crippen LogP contribution in [0.25, 0.3) is 10.9 Å². The number of rotatable bonds is 6. The van der Waals surface area contributed by atoms with Crippen LogP contribution in [-0.4, -0.2) is 33.0 Å². The Labute approximate surface area is 171 Å². The molecule has 0 saturated carbocycles. The lowest BCUT2D eigenvalue weighted by atomic mass is 10.1. The van der Waals surface area contributed by atoms with Gasteiger partial charge in [-0.15, -0.1) is 11.3 Å². The van der Waals surface area contributed by atoms with Gasteiger partial charge in [0, 0.05) is 17.0 Å². The van der Waals surface area contributed by atoms with E-state index in [4.69, 9.17) is 0 Å². The lowest BCUT2D eigenvalue weighted by Gasteiger charge is -2.20. The highest BCUT2D eigenvalue weighted by atomic mass is 32.1. The molecular formula is C21H19N5O2S. The molecule has 146 valence electrons. The Morgan fingerprint density at radius 1 is 1.03 bits per heavy atom. The Morgan fingerprint density at radius 3 is 2.55 bits per heavy atom. The standard InChI is InChI=1S/C21H19N5O2S/c1-13(23-20(28)18-15-9-5-6-10-16(15)25-26-18)19(27)24-17(21-22-11-12-29-21)14-7-3-2-4-8-14/h2-13,17H,1H3,(H,23,28)(H,24,27)(H,25,26). The highest BCUT2D eigenvalue weighted by Gasteiger charge is 2.24. The van der Waals surface area contributed by atoms with Crippen LogP contribution in [0.4, 0.5) is 0 Å². The summed E-state index contributed by atoms with van der Waals surface area (Å²) in [5, 5.41) is 16.0. The number of H-pyrrole nitrogens is 1. The molecule has 2 unspecified atom stereocenters. The fraction of sp³-hybridized carbons (Fsp3) is 0.143. The Kier molecular flexibility index (Phi) is 5.35. The first-order chi connectivity index (χ1) is 14.1. The molecule has 0 aliphatic heterocycles. The zero-order valence-corrected chi connectivity index (χ0v) is 16.4. The summed E-state index contributed by atoms with van der Waals surface area (Å²) >= 11 is 1.47. The second-order valence-electron chi connectivity index (χ2n) is 6.54. The van der Waals surface area contributed by atoms with Gasteiger partial charge in [-0.25, -0.2) is 4.98 Å². The number of fused-ring (bicyclic) bond motifs is 1. The van der Waals surface area contributed by atoms with E-state index in [9.17, 15) is 9.59 Å². The van der Waals surface area contributed by atoms with Crippen molar-refractivity contribution in [2.24, 2.45) is 0 Å². The van der Waals surface area contributed by atoms with Crippen molar-refractivity contribution in [3.63, 3.8) is 0 Å². The van der Waals surface area contributed by atoms with Crippen molar-refractivity contribution in [1.82, 2.24) is 25.8 Å². The van der Waals surface area contributed by atoms with Crippen LogP contribution in [0.5, 0.6) is 0 Å². The molecule has 0 saturated heterocycles. The molecule has 4 aromatic rings. The normalized spacial score (nSPS) is 13.0. The van der Waals surface area contributed by atoms with Crippen LogP contribution < -0.4 is 10.6 Å². The largest absolute Gasteiger partial charge is 0.341 e. The molecule has 2 heterocycles. The number of amides is 2. The molecule has 0 aliphatic carbocycles. The van der Waals surface area contributed by atoms with E-state index in [0.717, 1.165) is 16.1 Å². The monoisotopic (exact) mass is 405 g/mol. The van der Waals surface area contributed by atoms with Gasteiger partial charge in [0.2, 0.25) is 5.91 Å². The van der Waals surface area contributed by atoms with Crippen molar-refractivity contribution in [1.29, 1.82) is 0 Å². The number of hydrogen-bond acceptors (Lipinski definition) is 5. The van der Waals surface area contributed by atoms with Crippen molar-refractivity contribution in [2.45, 2.75) is 19.0 Å². The van der Waals surface area contributed by atoms with Crippen LogP contribution in [0.1, 0.15) is 34.0 Å². The van der Waals surface area contributed by atoms with Gasteiger partial charge in [0.1, 0.15) is 17.1 Å². The fourth-order valence-electron chi connectivity index (χ4n) is 3.04. The Balaban J connectivity index is 1.49. The smallest absolute Gasteiger partial charge is 0.273 e. The second kappa shape index (κ2) is 8.24. The average molecular weight is 405 g/mol. The predicted octanol–water partition coefficient (Wildman–Crippen LogP) is 3.04. The number of hydrogen-bond donors (Lipinski definition) is 3. The molecule has 2 aromatic carbocycles. The second-order valence-corrected chi connectivity index (χ2v) is 7.46. The van der Waals surface area contributed by atoms with Gasteiger partial charge in [0.15, 0.2) is 5.69 Å². The molecule has 2 atom stereocenters. The van der Waals surface area contributed by atoms with Crippen LogP contribution in [0.2, 0.25) is 0 Å². The van der Waals surface area contributed by atoms with Crippen LogP contribution in [-0.2, 0) is 4.79 Å².